The molecule has 0 unspecified atom stereocenters. The van der Waals surface area contributed by atoms with Gasteiger partial charge in [-0.3, -0.25) is 0 Å². The Morgan fingerprint density at radius 3 is 1.33 bits per heavy atom. The SMILES string of the molecule is Fc1cc(F)c(B(c2c(F)cc(F)cc2F)c2c(F)cccc2Br)c(F)c1. The van der Waals surface area contributed by atoms with Gasteiger partial charge in [-0.2, -0.15) is 0 Å². The lowest BCUT2D eigenvalue weighted by molar-refractivity contribution is 0.550. The highest BCUT2D eigenvalue weighted by molar-refractivity contribution is 9.10. The van der Waals surface area contributed by atoms with Crippen molar-refractivity contribution < 1.29 is 30.7 Å². The van der Waals surface area contributed by atoms with E-state index in [-0.39, 0.29) is 4.47 Å². The molecule has 9 heteroatoms. The van der Waals surface area contributed by atoms with Gasteiger partial charge < -0.3 is 0 Å². The van der Waals surface area contributed by atoms with Gasteiger partial charge in [0.1, 0.15) is 40.7 Å². The van der Waals surface area contributed by atoms with Gasteiger partial charge in [-0.15, -0.1) is 0 Å². The molecule has 0 radical (unpaired) electrons. The third-order valence-corrected chi connectivity index (χ3v) is 4.64. The van der Waals surface area contributed by atoms with E-state index >= 15 is 0 Å². The molecule has 3 rings (SSSR count). The van der Waals surface area contributed by atoms with Crippen molar-refractivity contribution in [2.75, 3.05) is 0 Å². The summed E-state index contributed by atoms with van der Waals surface area (Å²) in [5.74, 6) is -9.46. The smallest absolute Gasteiger partial charge is 0.208 e. The maximum Gasteiger partial charge on any atom is 0.261 e. The van der Waals surface area contributed by atoms with Crippen molar-refractivity contribution in [3.63, 3.8) is 0 Å². The lowest BCUT2D eigenvalue weighted by Gasteiger charge is -2.20. The second kappa shape index (κ2) is 7.38. The maximum absolute atomic E-state index is 14.5. The number of benzene rings is 3. The van der Waals surface area contributed by atoms with E-state index in [0.717, 1.165) is 6.07 Å². The average molecular weight is 447 g/mol. The minimum absolute atomic E-state index is 0.0428. The summed E-state index contributed by atoms with van der Waals surface area (Å²) in [7, 11) is 0. The van der Waals surface area contributed by atoms with E-state index < -0.39 is 63.8 Å². The van der Waals surface area contributed by atoms with Crippen molar-refractivity contribution >= 4 is 39.0 Å². The largest absolute Gasteiger partial charge is 0.261 e. The molecule has 0 bridgehead atoms. The Balaban J connectivity index is 2.44. The lowest BCUT2D eigenvalue weighted by Crippen LogP contribution is -2.58. The first-order valence-corrected chi connectivity index (χ1v) is 8.22. The Hall–Kier alpha value is -2.29. The summed E-state index contributed by atoms with van der Waals surface area (Å²) >= 11 is 2.99. The van der Waals surface area contributed by atoms with Crippen molar-refractivity contribution in [1.29, 1.82) is 0 Å². The summed E-state index contributed by atoms with van der Waals surface area (Å²) in [6.45, 7) is -1.98. The minimum Gasteiger partial charge on any atom is -0.208 e. The Labute approximate surface area is 157 Å². The fourth-order valence-corrected chi connectivity index (χ4v) is 3.45. The van der Waals surface area contributed by atoms with Crippen molar-refractivity contribution in [2.24, 2.45) is 0 Å². The van der Waals surface area contributed by atoms with Gasteiger partial charge in [0.25, 0.3) is 6.71 Å². The average Bonchev–Trinajstić information content (AvgIpc) is 2.52. The normalized spacial score (nSPS) is 11.0. The number of hydrogen-bond donors (Lipinski definition) is 0. The van der Waals surface area contributed by atoms with E-state index in [0.29, 0.717) is 24.3 Å². The van der Waals surface area contributed by atoms with Crippen molar-refractivity contribution in [3.05, 3.63) is 87.7 Å². The molecule has 3 aromatic carbocycles. The molecule has 0 aliphatic rings. The van der Waals surface area contributed by atoms with Crippen molar-refractivity contribution in [2.45, 2.75) is 0 Å². The van der Waals surface area contributed by atoms with Crippen LogP contribution in [0.15, 0.2) is 46.9 Å². The van der Waals surface area contributed by atoms with Crippen LogP contribution >= 0.6 is 15.9 Å². The van der Waals surface area contributed by atoms with Gasteiger partial charge in [0.15, 0.2) is 0 Å². The van der Waals surface area contributed by atoms with Crippen LogP contribution in [-0.2, 0) is 0 Å². The summed E-state index contributed by atoms with van der Waals surface area (Å²) in [6, 6.07) is 4.70. The fraction of sp³-hybridized carbons (Fsp3) is 0. The Bertz CT molecular complexity index is 914. The van der Waals surface area contributed by atoms with Crippen LogP contribution in [0.5, 0.6) is 0 Å². The van der Waals surface area contributed by atoms with Crippen LogP contribution in [-0.4, -0.2) is 6.71 Å². The Kier molecular flexibility index (Phi) is 5.32. The zero-order chi connectivity index (χ0) is 19.9. The third-order valence-electron chi connectivity index (χ3n) is 3.95. The summed E-state index contributed by atoms with van der Waals surface area (Å²) < 4.78 is 98.6. The third kappa shape index (κ3) is 3.60. The molecule has 0 fully saturated rings. The molecule has 0 N–H and O–H groups in total. The minimum atomic E-state index is -1.98. The predicted octanol–water partition coefficient (Wildman–Crippen LogP) is 3.94. The van der Waals surface area contributed by atoms with E-state index in [1.54, 1.807) is 0 Å². The van der Waals surface area contributed by atoms with Crippen LogP contribution in [0, 0.1) is 40.7 Å². The standard InChI is InChI=1S/C18H7BBrF7/c20-10-2-1-3-11(23)16(10)19(17-12(24)4-8(21)5-13(17)25)18-14(26)6-9(22)7-15(18)27/h1-7H. The Morgan fingerprint density at radius 1 is 0.556 bits per heavy atom. The zero-order valence-electron chi connectivity index (χ0n) is 13.1. The Morgan fingerprint density at radius 2 is 0.963 bits per heavy atom. The quantitative estimate of drug-likeness (QED) is 0.422. The van der Waals surface area contributed by atoms with Crippen molar-refractivity contribution in [1.82, 2.24) is 0 Å². The molecule has 0 nitrogen and oxygen atoms in total. The molecule has 0 amide bonds. The van der Waals surface area contributed by atoms with Crippen LogP contribution < -0.4 is 16.4 Å². The number of halogens is 8. The van der Waals surface area contributed by atoms with Crippen LogP contribution in [0.4, 0.5) is 30.7 Å². The first-order chi connectivity index (χ1) is 12.7. The molecule has 27 heavy (non-hydrogen) atoms. The first kappa shape index (κ1) is 19.5. The summed E-state index contributed by atoms with van der Waals surface area (Å²) in [5.41, 5.74) is -2.45. The van der Waals surface area contributed by atoms with Gasteiger partial charge in [-0.05, 0) is 17.6 Å². The van der Waals surface area contributed by atoms with Crippen LogP contribution in [0.1, 0.15) is 0 Å². The molecule has 0 heterocycles. The van der Waals surface area contributed by atoms with Gasteiger partial charge in [0.05, 0.1) is 0 Å². The van der Waals surface area contributed by atoms with E-state index in [1.165, 1.54) is 12.1 Å². The van der Waals surface area contributed by atoms with E-state index in [1.807, 2.05) is 0 Å². The maximum atomic E-state index is 14.5. The topological polar surface area (TPSA) is 0 Å². The predicted molar refractivity (Wildman–Crippen MR) is 91.4 cm³/mol. The lowest BCUT2D eigenvalue weighted by atomic mass is 9.36. The molecule has 0 saturated carbocycles. The molecule has 0 atom stereocenters. The van der Waals surface area contributed by atoms with Crippen LogP contribution in [0.2, 0.25) is 0 Å². The number of rotatable bonds is 3. The van der Waals surface area contributed by atoms with E-state index in [4.69, 9.17) is 0 Å². The highest BCUT2D eigenvalue weighted by atomic mass is 79.9. The second-order valence-corrected chi connectivity index (χ2v) is 6.49. The summed E-state index contributed by atoms with van der Waals surface area (Å²) in [5, 5.41) is 0. The van der Waals surface area contributed by atoms with E-state index in [2.05, 4.69) is 15.9 Å². The van der Waals surface area contributed by atoms with Gasteiger partial charge in [0.2, 0.25) is 0 Å². The van der Waals surface area contributed by atoms with Gasteiger partial charge in [-0.1, -0.05) is 22.0 Å². The van der Waals surface area contributed by atoms with Gasteiger partial charge in [0, 0.05) is 39.7 Å². The molecule has 0 spiro atoms. The molecule has 3 aromatic rings. The molecule has 0 saturated heterocycles. The molecule has 0 aliphatic heterocycles. The van der Waals surface area contributed by atoms with Crippen LogP contribution in [0.25, 0.3) is 0 Å². The molecular formula is C18H7BBrF7. The monoisotopic (exact) mass is 446 g/mol. The van der Waals surface area contributed by atoms with Crippen LogP contribution in [0.3, 0.4) is 0 Å². The highest BCUT2D eigenvalue weighted by Gasteiger charge is 2.36. The first-order valence-electron chi connectivity index (χ1n) is 7.43. The second-order valence-electron chi connectivity index (χ2n) is 5.63. The highest BCUT2D eigenvalue weighted by Crippen LogP contribution is 2.16. The molecule has 138 valence electrons. The summed E-state index contributed by atoms with van der Waals surface area (Å²) in [6.07, 6.45) is 0. The van der Waals surface area contributed by atoms with Crippen molar-refractivity contribution in [3.8, 4) is 0 Å². The molecular weight excluding hydrogens is 440 g/mol. The van der Waals surface area contributed by atoms with Gasteiger partial charge in [-0.25, -0.2) is 30.7 Å². The zero-order valence-corrected chi connectivity index (χ0v) is 14.7. The summed E-state index contributed by atoms with van der Waals surface area (Å²) in [4.78, 5) is 0. The molecule has 0 aromatic heterocycles. The molecule has 0 aliphatic carbocycles. The van der Waals surface area contributed by atoms with E-state index in [9.17, 15) is 30.7 Å². The van der Waals surface area contributed by atoms with Gasteiger partial charge >= 0.3 is 0 Å². The number of hydrogen-bond acceptors (Lipinski definition) is 0. The fourth-order valence-electron chi connectivity index (χ4n) is 2.88.